The summed E-state index contributed by atoms with van der Waals surface area (Å²) in [5, 5.41) is 4.36. The van der Waals surface area contributed by atoms with E-state index in [1.807, 2.05) is 28.9 Å². The molecular weight excluding hydrogens is 380 g/mol. The van der Waals surface area contributed by atoms with Crippen LogP contribution in [-0.4, -0.2) is 19.3 Å². The zero-order chi connectivity index (χ0) is 20.3. The van der Waals surface area contributed by atoms with E-state index in [0.29, 0.717) is 22.9 Å². The summed E-state index contributed by atoms with van der Waals surface area (Å²) in [5.41, 5.74) is 2.87. The highest BCUT2D eigenvalue weighted by Crippen LogP contribution is 2.29. The Morgan fingerprint density at radius 1 is 1.10 bits per heavy atom. The van der Waals surface area contributed by atoms with E-state index in [1.54, 1.807) is 48.0 Å². The van der Waals surface area contributed by atoms with Gasteiger partial charge in [-0.05, 0) is 36.6 Å². The zero-order valence-electron chi connectivity index (χ0n) is 16.0. The first-order chi connectivity index (χ1) is 14.8. The maximum atomic E-state index is 12.7. The van der Waals surface area contributed by atoms with Gasteiger partial charge in [-0.15, -0.1) is 0 Å². The van der Waals surface area contributed by atoms with E-state index >= 15 is 0 Å². The van der Waals surface area contributed by atoms with Crippen molar-refractivity contribution in [3.05, 3.63) is 108 Å². The molecule has 0 saturated carbocycles. The molecule has 7 nitrogen and oxygen atoms in total. The minimum atomic E-state index is -0.120. The van der Waals surface area contributed by atoms with E-state index < -0.39 is 0 Å². The van der Waals surface area contributed by atoms with Crippen LogP contribution in [0.15, 0.2) is 102 Å². The number of ether oxygens (including phenoxy) is 2. The first-order valence-corrected chi connectivity index (χ1v) is 9.57. The van der Waals surface area contributed by atoms with Gasteiger partial charge in [0.15, 0.2) is 17.5 Å². The van der Waals surface area contributed by atoms with Crippen molar-refractivity contribution in [3.63, 3.8) is 0 Å². The molecule has 7 heteroatoms. The van der Waals surface area contributed by atoms with E-state index in [9.17, 15) is 4.79 Å². The third-order valence-corrected chi connectivity index (χ3v) is 4.88. The lowest BCUT2D eigenvalue weighted by atomic mass is 10.0. The molecular formula is C23H18N4O3. The maximum Gasteiger partial charge on any atom is 0.257 e. The van der Waals surface area contributed by atoms with Crippen LogP contribution >= 0.6 is 0 Å². The smallest absolute Gasteiger partial charge is 0.257 e. The van der Waals surface area contributed by atoms with Crippen LogP contribution in [0.5, 0.6) is 0 Å². The summed E-state index contributed by atoms with van der Waals surface area (Å²) in [5.74, 6) is 1.03. The third-order valence-electron chi connectivity index (χ3n) is 4.88. The average molecular weight is 398 g/mol. The van der Waals surface area contributed by atoms with Crippen LogP contribution in [0, 0.1) is 0 Å². The fraction of sp³-hybridized carbons (Fsp3) is 0.0870. The molecule has 0 atom stereocenters. The standard InChI is InChI=1S/C23H18N4O3/c28-21-9-12-26(18-7-4-10-24-13-18)14-19(21)20-8-11-25-27(20)23-16-29-15-22(30-23)17-5-2-1-3-6-17/h1-2,4-5,7-16H,3,6H2. The van der Waals surface area contributed by atoms with Gasteiger partial charge in [0.2, 0.25) is 0 Å². The minimum Gasteiger partial charge on any atom is -0.463 e. The van der Waals surface area contributed by atoms with E-state index in [1.165, 1.54) is 12.3 Å². The van der Waals surface area contributed by atoms with Gasteiger partial charge in [-0.25, -0.2) is 0 Å². The van der Waals surface area contributed by atoms with E-state index in [4.69, 9.17) is 9.47 Å². The molecule has 0 radical (unpaired) electrons. The number of hydrogen-bond acceptors (Lipinski definition) is 5. The van der Waals surface area contributed by atoms with Gasteiger partial charge in [-0.2, -0.15) is 9.78 Å². The van der Waals surface area contributed by atoms with Gasteiger partial charge < -0.3 is 14.0 Å². The number of allylic oxidation sites excluding steroid dienone is 4. The van der Waals surface area contributed by atoms with E-state index in [0.717, 1.165) is 24.1 Å². The quantitative estimate of drug-likeness (QED) is 0.664. The fourth-order valence-corrected chi connectivity index (χ4v) is 3.38. The summed E-state index contributed by atoms with van der Waals surface area (Å²) in [6.07, 6.45) is 19.6. The largest absolute Gasteiger partial charge is 0.463 e. The third kappa shape index (κ3) is 3.37. The second-order valence-corrected chi connectivity index (χ2v) is 6.80. The molecule has 5 rings (SSSR count). The van der Waals surface area contributed by atoms with Crippen LogP contribution in [0.4, 0.5) is 0 Å². The second kappa shape index (κ2) is 7.71. The number of pyridine rings is 2. The molecule has 4 heterocycles. The maximum absolute atomic E-state index is 12.7. The lowest BCUT2D eigenvalue weighted by Gasteiger charge is -2.20. The van der Waals surface area contributed by atoms with Crippen LogP contribution in [-0.2, 0) is 9.47 Å². The molecule has 2 aliphatic rings. The van der Waals surface area contributed by atoms with Gasteiger partial charge in [-0.3, -0.25) is 9.78 Å². The molecule has 30 heavy (non-hydrogen) atoms. The second-order valence-electron chi connectivity index (χ2n) is 6.80. The SMILES string of the molecule is O=c1ccn(-c2cccnc2)cc1-c1ccnn1C1=COC=C(C2=CC=CCC2)O1. The molecule has 0 spiro atoms. The van der Waals surface area contributed by atoms with Crippen molar-refractivity contribution < 1.29 is 9.47 Å². The molecule has 148 valence electrons. The average Bonchev–Trinajstić information content (AvgIpc) is 3.30. The zero-order valence-corrected chi connectivity index (χ0v) is 16.0. The Morgan fingerprint density at radius 2 is 2.07 bits per heavy atom. The number of rotatable bonds is 4. The number of hydrogen-bond donors (Lipinski definition) is 0. The van der Waals surface area contributed by atoms with Crippen LogP contribution in [0.25, 0.3) is 22.8 Å². The van der Waals surface area contributed by atoms with Crippen molar-refractivity contribution >= 4 is 5.88 Å². The van der Waals surface area contributed by atoms with Gasteiger partial charge in [0, 0.05) is 24.7 Å². The molecule has 0 fully saturated rings. The lowest BCUT2D eigenvalue weighted by molar-refractivity contribution is 0.265. The van der Waals surface area contributed by atoms with Crippen molar-refractivity contribution in [2.75, 3.05) is 0 Å². The Morgan fingerprint density at radius 3 is 2.90 bits per heavy atom. The number of aromatic nitrogens is 4. The molecule has 0 bridgehead atoms. The summed E-state index contributed by atoms with van der Waals surface area (Å²) in [6.45, 7) is 0. The monoisotopic (exact) mass is 398 g/mol. The summed E-state index contributed by atoms with van der Waals surface area (Å²) in [4.78, 5) is 16.8. The van der Waals surface area contributed by atoms with Gasteiger partial charge in [0.25, 0.3) is 5.88 Å². The highest BCUT2D eigenvalue weighted by atomic mass is 16.6. The summed E-state index contributed by atoms with van der Waals surface area (Å²) < 4.78 is 15.0. The molecule has 3 aromatic rings. The summed E-state index contributed by atoms with van der Waals surface area (Å²) in [6, 6.07) is 7.06. The van der Waals surface area contributed by atoms with Crippen LogP contribution in [0.2, 0.25) is 0 Å². The molecule has 0 N–H and O–H groups in total. The predicted molar refractivity (Wildman–Crippen MR) is 112 cm³/mol. The van der Waals surface area contributed by atoms with Crippen molar-refractivity contribution in [1.82, 2.24) is 19.3 Å². The molecule has 1 aliphatic carbocycles. The van der Waals surface area contributed by atoms with Crippen LogP contribution < -0.4 is 5.43 Å². The molecule has 3 aromatic heterocycles. The highest BCUT2D eigenvalue weighted by molar-refractivity contribution is 5.63. The Kier molecular flexibility index (Phi) is 4.61. The number of nitrogens with zero attached hydrogens (tertiary/aromatic N) is 4. The Bertz CT molecular complexity index is 1260. The molecule has 0 aromatic carbocycles. The topological polar surface area (TPSA) is 71.2 Å². The molecule has 0 unspecified atom stereocenters. The van der Waals surface area contributed by atoms with Gasteiger partial charge in [-0.1, -0.05) is 18.2 Å². The molecule has 0 saturated heterocycles. The van der Waals surface area contributed by atoms with Crippen LogP contribution in [0.3, 0.4) is 0 Å². The van der Waals surface area contributed by atoms with Crippen LogP contribution in [0.1, 0.15) is 12.8 Å². The summed E-state index contributed by atoms with van der Waals surface area (Å²) in [7, 11) is 0. The first kappa shape index (κ1) is 17.9. The predicted octanol–water partition coefficient (Wildman–Crippen LogP) is 4.02. The Labute approximate surface area is 172 Å². The highest BCUT2D eigenvalue weighted by Gasteiger charge is 2.20. The summed E-state index contributed by atoms with van der Waals surface area (Å²) >= 11 is 0. The first-order valence-electron chi connectivity index (χ1n) is 9.57. The van der Waals surface area contributed by atoms with Gasteiger partial charge >= 0.3 is 0 Å². The van der Waals surface area contributed by atoms with E-state index in [2.05, 4.69) is 16.2 Å². The minimum absolute atomic E-state index is 0.120. The normalized spacial score (nSPS) is 15.5. The van der Waals surface area contributed by atoms with Crippen molar-refractivity contribution in [2.24, 2.45) is 0 Å². The lowest BCUT2D eigenvalue weighted by Crippen LogP contribution is -2.14. The Hall–Kier alpha value is -4.13. The van der Waals surface area contributed by atoms with Crippen molar-refractivity contribution in [3.8, 4) is 16.9 Å². The van der Waals surface area contributed by atoms with Gasteiger partial charge in [0.1, 0.15) is 6.26 Å². The fourth-order valence-electron chi connectivity index (χ4n) is 3.38. The van der Waals surface area contributed by atoms with E-state index in [-0.39, 0.29) is 5.43 Å². The van der Waals surface area contributed by atoms with Crippen molar-refractivity contribution in [1.29, 1.82) is 0 Å². The molecule has 1 aliphatic heterocycles. The Balaban J connectivity index is 1.50. The van der Waals surface area contributed by atoms with Crippen molar-refractivity contribution in [2.45, 2.75) is 12.8 Å². The molecule has 0 amide bonds. The van der Waals surface area contributed by atoms with Gasteiger partial charge in [0.05, 0.1) is 29.3 Å².